The number of rotatable bonds is 6. The number of halogens is 2. The van der Waals surface area contributed by atoms with Gasteiger partial charge in [-0.25, -0.2) is 17.2 Å². The van der Waals surface area contributed by atoms with Crippen LogP contribution in [-0.2, 0) is 21.3 Å². The lowest BCUT2D eigenvalue weighted by atomic mass is 9.98. The summed E-state index contributed by atoms with van der Waals surface area (Å²) in [4.78, 5) is 0. The van der Waals surface area contributed by atoms with E-state index in [1.54, 1.807) is 6.07 Å². The first kappa shape index (κ1) is 23.1. The van der Waals surface area contributed by atoms with Crippen LogP contribution in [0.5, 0.6) is 5.75 Å². The normalized spacial score (nSPS) is 25.3. The second kappa shape index (κ2) is 9.45. The van der Waals surface area contributed by atoms with Crippen molar-refractivity contribution < 1.29 is 26.7 Å². The zero-order valence-electron chi connectivity index (χ0n) is 18.2. The van der Waals surface area contributed by atoms with Gasteiger partial charge >= 0.3 is 0 Å². The monoisotopic (exact) mass is 465 g/mol. The summed E-state index contributed by atoms with van der Waals surface area (Å²) >= 11 is 0. The first-order chi connectivity index (χ1) is 15.3. The molecule has 0 N–H and O–H groups in total. The Morgan fingerprint density at radius 1 is 1.12 bits per heavy atom. The van der Waals surface area contributed by atoms with E-state index < -0.39 is 26.8 Å². The summed E-state index contributed by atoms with van der Waals surface area (Å²) in [5.74, 6) is -0.335. The molecule has 0 saturated carbocycles. The average molecular weight is 466 g/mol. The second-order valence-corrected chi connectivity index (χ2v) is 10.8. The van der Waals surface area contributed by atoms with E-state index >= 15 is 0 Å². The van der Waals surface area contributed by atoms with Crippen LogP contribution in [0.15, 0.2) is 48.5 Å². The molecule has 32 heavy (non-hydrogen) atoms. The van der Waals surface area contributed by atoms with Crippen molar-refractivity contribution in [2.24, 2.45) is 0 Å². The summed E-state index contributed by atoms with van der Waals surface area (Å²) < 4.78 is 68.3. The molecule has 2 atom stereocenters. The first-order valence-corrected chi connectivity index (χ1v) is 12.5. The minimum atomic E-state index is -3.65. The maximum Gasteiger partial charge on any atom is 0.221 e. The third kappa shape index (κ3) is 4.97. The predicted molar refractivity (Wildman–Crippen MR) is 118 cm³/mol. The van der Waals surface area contributed by atoms with Crippen molar-refractivity contribution in [2.45, 2.75) is 56.1 Å². The molecule has 8 heteroatoms. The fourth-order valence-electron chi connectivity index (χ4n) is 4.36. The van der Waals surface area contributed by atoms with Crippen molar-refractivity contribution in [1.29, 1.82) is 0 Å². The SMILES string of the molecule is C[C@H]1CC[C@H](c2ccccc2)S(=O)(=O)N1Cc1ccc(OCC2(F)CCOCC2)cc1F. The van der Waals surface area contributed by atoms with E-state index in [1.807, 2.05) is 37.3 Å². The molecule has 0 spiro atoms. The lowest BCUT2D eigenvalue weighted by Gasteiger charge is -2.37. The average Bonchev–Trinajstić information content (AvgIpc) is 2.77. The maximum atomic E-state index is 14.8. The van der Waals surface area contributed by atoms with Gasteiger partial charge in [0.05, 0.1) is 0 Å². The van der Waals surface area contributed by atoms with Crippen molar-refractivity contribution in [3.63, 3.8) is 0 Å². The zero-order chi connectivity index (χ0) is 22.8. The van der Waals surface area contributed by atoms with Crippen LogP contribution >= 0.6 is 0 Å². The molecule has 2 aromatic carbocycles. The Morgan fingerprint density at radius 3 is 2.53 bits per heavy atom. The highest BCUT2D eigenvalue weighted by atomic mass is 32.2. The van der Waals surface area contributed by atoms with Crippen LogP contribution in [0.25, 0.3) is 0 Å². The summed E-state index contributed by atoms with van der Waals surface area (Å²) in [5, 5.41) is -0.634. The number of hydrogen-bond donors (Lipinski definition) is 0. The number of ether oxygens (including phenoxy) is 2. The molecule has 0 bridgehead atoms. The molecule has 2 aliphatic rings. The van der Waals surface area contributed by atoms with Crippen molar-refractivity contribution in [1.82, 2.24) is 4.31 Å². The van der Waals surface area contributed by atoms with E-state index in [2.05, 4.69) is 0 Å². The highest BCUT2D eigenvalue weighted by Gasteiger charge is 2.40. The molecule has 0 radical (unpaired) electrons. The van der Waals surface area contributed by atoms with Crippen molar-refractivity contribution in [2.75, 3.05) is 19.8 Å². The Balaban J connectivity index is 1.47. The fraction of sp³-hybridized carbons (Fsp3) is 0.500. The van der Waals surface area contributed by atoms with Gasteiger partial charge in [0.25, 0.3) is 0 Å². The fourth-order valence-corrected chi connectivity index (χ4v) is 6.55. The predicted octanol–water partition coefficient (Wildman–Crippen LogP) is 4.78. The Hall–Kier alpha value is -2.03. The van der Waals surface area contributed by atoms with Crippen molar-refractivity contribution >= 4 is 10.0 Å². The molecule has 2 fully saturated rings. The Morgan fingerprint density at radius 2 is 1.84 bits per heavy atom. The molecule has 2 aliphatic heterocycles. The Bertz CT molecular complexity index is 1030. The van der Waals surface area contributed by atoms with Gasteiger partial charge in [0.2, 0.25) is 10.0 Å². The molecular weight excluding hydrogens is 436 g/mol. The largest absolute Gasteiger partial charge is 0.490 e. The van der Waals surface area contributed by atoms with Gasteiger partial charge in [0.1, 0.15) is 29.1 Å². The molecule has 4 rings (SSSR count). The highest BCUT2D eigenvalue weighted by Crippen LogP contribution is 2.38. The van der Waals surface area contributed by atoms with Crippen LogP contribution in [0, 0.1) is 5.82 Å². The molecular formula is C24H29F2NO4S. The molecule has 0 unspecified atom stereocenters. The van der Waals surface area contributed by atoms with Crippen molar-refractivity contribution in [3.05, 3.63) is 65.5 Å². The third-order valence-corrected chi connectivity index (χ3v) is 8.80. The number of nitrogens with zero attached hydrogens (tertiary/aromatic N) is 1. The van der Waals surface area contributed by atoms with Gasteiger partial charge < -0.3 is 9.47 Å². The molecule has 0 aliphatic carbocycles. The molecule has 5 nitrogen and oxygen atoms in total. The number of benzene rings is 2. The summed E-state index contributed by atoms with van der Waals surface area (Å²) in [6.45, 7) is 2.33. The number of sulfonamides is 1. The summed E-state index contributed by atoms with van der Waals surface area (Å²) in [7, 11) is -3.65. The van der Waals surface area contributed by atoms with Crippen LogP contribution in [0.3, 0.4) is 0 Å². The number of alkyl halides is 1. The van der Waals surface area contributed by atoms with Crippen LogP contribution in [-0.4, -0.2) is 44.3 Å². The smallest absolute Gasteiger partial charge is 0.221 e. The summed E-state index contributed by atoms with van der Waals surface area (Å²) in [5.41, 5.74) is -0.457. The molecule has 0 aromatic heterocycles. The van der Waals surface area contributed by atoms with Gasteiger partial charge in [0, 0.05) is 50.3 Å². The molecule has 0 amide bonds. The zero-order valence-corrected chi connectivity index (χ0v) is 19.0. The van der Waals surface area contributed by atoms with E-state index in [-0.39, 0.29) is 43.3 Å². The standard InChI is InChI=1S/C24H29F2NO4S/c1-18-7-10-23(19-5-3-2-4-6-19)32(28,29)27(18)16-20-8-9-21(15-22(20)25)31-17-24(26)11-13-30-14-12-24/h2-6,8-9,15,18,23H,7,10-14,16-17H2,1H3/t18-,23+/m0/s1. The van der Waals surface area contributed by atoms with Crippen LogP contribution in [0.2, 0.25) is 0 Å². The Labute approximate surface area is 188 Å². The second-order valence-electron chi connectivity index (χ2n) is 8.72. The van der Waals surface area contributed by atoms with Gasteiger partial charge in [0.15, 0.2) is 0 Å². The third-order valence-electron chi connectivity index (χ3n) is 6.43. The van der Waals surface area contributed by atoms with Gasteiger partial charge in [-0.05, 0) is 31.4 Å². The molecule has 2 saturated heterocycles. The topological polar surface area (TPSA) is 55.8 Å². The summed E-state index contributed by atoms with van der Waals surface area (Å²) in [6, 6.07) is 13.2. The minimum absolute atomic E-state index is 0.0522. The Kier molecular flexibility index (Phi) is 6.83. The molecule has 174 valence electrons. The van der Waals surface area contributed by atoms with Crippen molar-refractivity contribution in [3.8, 4) is 5.75 Å². The highest BCUT2D eigenvalue weighted by molar-refractivity contribution is 7.89. The first-order valence-electron chi connectivity index (χ1n) is 11.0. The summed E-state index contributed by atoms with van der Waals surface area (Å²) in [6.07, 6.45) is 1.74. The van der Waals surface area contributed by atoms with Gasteiger partial charge in [-0.1, -0.05) is 36.4 Å². The van der Waals surface area contributed by atoms with Crippen LogP contribution in [0.4, 0.5) is 8.78 Å². The van der Waals surface area contributed by atoms with E-state index in [9.17, 15) is 17.2 Å². The lowest BCUT2D eigenvalue weighted by molar-refractivity contribution is -0.0324. The molecule has 2 aromatic rings. The van der Waals surface area contributed by atoms with Gasteiger partial charge in [-0.3, -0.25) is 0 Å². The number of hydrogen-bond acceptors (Lipinski definition) is 4. The van der Waals surface area contributed by atoms with Crippen LogP contribution in [0.1, 0.15) is 49.0 Å². The van der Waals surface area contributed by atoms with E-state index in [0.717, 1.165) is 5.56 Å². The minimum Gasteiger partial charge on any atom is -0.490 e. The molecule has 2 heterocycles. The van der Waals surface area contributed by atoms with Gasteiger partial charge in [-0.15, -0.1) is 0 Å². The quantitative estimate of drug-likeness (QED) is 0.616. The maximum absolute atomic E-state index is 14.8. The van der Waals surface area contributed by atoms with Crippen LogP contribution < -0.4 is 4.74 Å². The van der Waals surface area contributed by atoms with E-state index in [1.165, 1.54) is 16.4 Å². The van der Waals surface area contributed by atoms with E-state index in [4.69, 9.17) is 9.47 Å². The van der Waals surface area contributed by atoms with E-state index in [0.29, 0.717) is 26.1 Å². The lowest BCUT2D eigenvalue weighted by Crippen LogP contribution is -2.44. The van der Waals surface area contributed by atoms with Gasteiger partial charge in [-0.2, -0.15) is 4.31 Å².